The van der Waals surface area contributed by atoms with Crippen molar-refractivity contribution in [1.82, 2.24) is 9.97 Å². The maximum absolute atomic E-state index is 4.41. The van der Waals surface area contributed by atoms with Gasteiger partial charge in [0.05, 0.1) is 11.0 Å². The zero-order valence-electron chi connectivity index (χ0n) is 13.1. The van der Waals surface area contributed by atoms with Crippen molar-refractivity contribution >= 4 is 16.7 Å². The molecule has 110 valence electrons. The highest BCUT2D eigenvalue weighted by Crippen LogP contribution is 2.65. The second-order valence-corrected chi connectivity index (χ2v) is 7.57. The van der Waals surface area contributed by atoms with Gasteiger partial charge in [-0.25, -0.2) is 0 Å². The van der Waals surface area contributed by atoms with Crippen molar-refractivity contribution in [1.29, 1.82) is 0 Å². The number of anilines is 1. The van der Waals surface area contributed by atoms with Gasteiger partial charge in [-0.1, -0.05) is 20.8 Å². The molecular formula is C18H23N3. The number of hydrogen-bond acceptors (Lipinski definition) is 3. The quantitative estimate of drug-likeness (QED) is 0.894. The van der Waals surface area contributed by atoms with E-state index < -0.39 is 0 Å². The first-order valence-corrected chi connectivity index (χ1v) is 7.98. The van der Waals surface area contributed by atoms with Crippen LogP contribution in [-0.4, -0.2) is 16.0 Å². The smallest absolute Gasteiger partial charge is 0.0907 e. The number of benzene rings is 1. The molecule has 3 heteroatoms. The van der Waals surface area contributed by atoms with Crippen LogP contribution in [0.25, 0.3) is 11.0 Å². The van der Waals surface area contributed by atoms with Crippen molar-refractivity contribution < 1.29 is 0 Å². The van der Waals surface area contributed by atoms with Crippen LogP contribution in [-0.2, 0) is 0 Å². The first kappa shape index (κ1) is 13.1. The fraction of sp³-hybridized carbons (Fsp3) is 0.556. The van der Waals surface area contributed by atoms with Crippen LogP contribution in [0.3, 0.4) is 0 Å². The van der Waals surface area contributed by atoms with E-state index in [0.29, 0.717) is 16.9 Å². The van der Waals surface area contributed by atoms with Crippen LogP contribution in [0.2, 0.25) is 0 Å². The van der Waals surface area contributed by atoms with Gasteiger partial charge in [0.25, 0.3) is 0 Å². The molecular weight excluding hydrogens is 258 g/mol. The fourth-order valence-corrected chi connectivity index (χ4v) is 4.68. The molecule has 1 aromatic heterocycles. The van der Waals surface area contributed by atoms with Gasteiger partial charge in [-0.15, -0.1) is 0 Å². The summed E-state index contributed by atoms with van der Waals surface area (Å²) in [5.41, 5.74) is 3.95. The number of aromatic nitrogens is 2. The summed E-state index contributed by atoms with van der Waals surface area (Å²) in [6.45, 7) is 7.38. The predicted octanol–water partition coefficient (Wildman–Crippen LogP) is 4.26. The monoisotopic (exact) mass is 281 g/mol. The first-order valence-electron chi connectivity index (χ1n) is 7.98. The maximum atomic E-state index is 4.41. The topological polar surface area (TPSA) is 37.8 Å². The zero-order valence-corrected chi connectivity index (χ0v) is 13.1. The van der Waals surface area contributed by atoms with E-state index in [1.807, 2.05) is 0 Å². The first-order chi connectivity index (χ1) is 10.0. The van der Waals surface area contributed by atoms with Crippen LogP contribution in [0, 0.1) is 16.7 Å². The molecule has 2 fully saturated rings. The maximum Gasteiger partial charge on any atom is 0.0907 e. The van der Waals surface area contributed by atoms with E-state index in [-0.39, 0.29) is 0 Å². The molecule has 2 aromatic rings. The Morgan fingerprint density at radius 1 is 1.10 bits per heavy atom. The SMILES string of the molecule is CC1(C)C2CCC1(C)C(Nc1ccc3nccnc3c1)C2. The Hall–Kier alpha value is -1.64. The number of rotatable bonds is 2. The lowest BCUT2D eigenvalue weighted by atomic mass is 9.69. The third-order valence-electron chi connectivity index (χ3n) is 6.60. The second kappa shape index (κ2) is 4.19. The zero-order chi connectivity index (χ0) is 14.7. The molecule has 2 saturated carbocycles. The number of nitrogens with zero attached hydrogens (tertiary/aromatic N) is 2. The third kappa shape index (κ3) is 1.73. The lowest BCUT2D eigenvalue weighted by Crippen LogP contribution is -2.40. The van der Waals surface area contributed by atoms with Gasteiger partial charge in [0.2, 0.25) is 0 Å². The molecule has 2 bridgehead atoms. The predicted molar refractivity (Wildman–Crippen MR) is 86.2 cm³/mol. The molecule has 0 amide bonds. The minimum atomic E-state index is 0.398. The van der Waals surface area contributed by atoms with Gasteiger partial charge in [0, 0.05) is 24.1 Å². The summed E-state index contributed by atoms with van der Waals surface area (Å²) in [4.78, 5) is 8.75. The highest BCUT2D eigenvalue weighted by molar-refractivity contribution is 5.78. The lowest BCUT2D eigenvalue weighted by molar-refractivity contribution is 0.142. The molecule has 2 aliphatic carbocycles. The average molecular weight is 281 g/mol. The van der Waals surface area contributed by atoms with Gasteiger partial charge < -0.3 is 5.32 Å². The number of hydrogen-bond donors (Lipinski definition) is 1. The molecule has 4 rings (SSSR count). The van der Waals surface area contributed by atoms with Crippen LogP contribution in [0.4, 0.5) is 5.69 Å². The summed E-state index contributed by atoms with van der Waals surface area (Å²) >= 11 is 0. The van der Waals surface area contributed by atoms with Crippen LogP contribution < -0.4 is 5.32 Å². The van der Waals surface area contributed by atoms with Gasteiger partial charge in [0.1, 0.15) is 0 Å². The van der Waals surface area contributed by atoms with E-state index >= 15 is 0 Å². The summed E-state index contributed by atoms with van der Waals surface area (Å²) < 4.78 is 0. The Morgan fingerprint density at radius 3 is 2.52 bits per heavy atom. The molecule has 0 saturated heterocycles. The molecule has 3 nitrogen and oxygen atoms in total. The molecule has 3 atom stereocenters. The normalized spacial score (nSPS) is 33.5. The van der Waals surface area contributed by atoms with Crippen LogP contribution >= 0.6 is 0 Å². The van der Waals surface area contributed by atoms with Gasteiger partial charge >= 0.3 is 0 Å². The van der Waals surface area contributed by atoms with Crippen molar-refractivity contribution in [3.05, 3.63) is 30.6 Å². The minimum absolute atomic E-state index is 0.398. The molecule has 0 radical (unpaired) electrons. The van der Waals surface area contributed by atoms with Crippen LogP contribution in [0.15, 0.2) is 30.6 Å². The summed E-state index contributed by atoms with van der Waals surface area (Å²) in [5, 5.41) is 3.79. The van der Waals surface area contributed by atoms with Crippen molar-refractivity contribution in [2.45, 2.75) is 46.1 Å². The highest BCUT2D eigenvalue weighted by atomic mass is 15.0. The standard InChI is InChI=1S/C18H23N3/c1-17(2)12-6-7-18(17,3)16(10-12)21-13-4-5-14-15(11-13)20-9-8-19-14/h4-5,8-9,11-12,16,21H,6-7,10H2,1-3H3. The lowest BCUT2D eigenvalue weighted by Gasteiger charge is -2.40. The summed E-state index contributed by atoms with van der Waals surface area (Å²) in [7, 11) is 0. The van der Waals surface area contributed by atoms with Crippen molar-refractivity contribution in [3.63, 3.8) is 0 Å². The van der Waals surface area contributed by atoms with Gasteiger partial charge in [-0.05, 0) is 54.2 Å². The minimum Gasteiger partial charge on any atom is -0.382 e. The van der Waals surface area contributed by atoms with E-state index in [1.54, 1.807) is 12.4 Å². The van der Waals surface area contributed by atoms with Crippen LogP contribution in [0.1, 0.15) is 40.0 Å². The summed E-state index contributed by atoms with van der Waals surface area (Å²) in [6, 6.07) is 6.90. The average Bonchev–Trinajstić information content (AvgIpc) is 2.80. The Kier molecular flexibility index (Phi) is 2.60. The van der Waals surface area contributed by atoms with E-state index in [9.17, 15) is 0 Å². The number of nitrogens with one attached hydrogen (secondary N) is 1. The second-order valence-electron chi connectivity index (χ2n) is 7.57. The van der Waals surface area contributed by atoms with Gasteiger partial charge in [0.15, 0.2) is 0 Å². The largest absolute Gasteiger partial charge is 0.382 e. The van der Waals surface area contributed by atoms with Gasteiger partial charge in [-0.3, -0.25) is 9.97 Å². The third-order valence-corrected chi connectivity index (χ3v) is 6.60. The van der Waals surface area contributed by atoms with E-state index in [1.165, 1.54) is 24.9 Å². The Morgan fingerprint density at radius 2 is 1.86 bits per heavy atom. The van der Waals surface area contributed by atoms with Gasteiger partial charge in [-0.2, -0.15) is 0 Å². The highest BCUT2D eigenvalue weighted by Gasteiger charge is 2.61. The van der Waals surface area contributed by atoms with E-state index in [2.05, 4.69) is 54.3 Å². The van der Waals surface area contributed by atoms with E-state index in [4.69, 9.17) is 0 Å². The molecule has 1 heterocycles. The Balaban J connectivity index is 1.64. The summed E-state index contributed by atoms with van der Waals surface area (Å²) in [5.74, 6) is 0.861. The molecule has 1 N–H and O–H groups in total. The Labute approximate surface area is 126 Å². The molecule has 2 aliphatic rings. The molecule has 0 spiro atoms. The fourth-order valence-electron chi connectivity index (χ4n) is 4.68. The molecule has 0 aliphatic heterocycles. The van der Waals surface area contributed by atoms with Crippen molar-refractivity contribution in [2.75, 3.05) is 5.32 Å². The molecule has 21 heavy (non-hydrogen) atoms. The van der Waals surface area contributed by atoms with Crippen LogP contribution in [0.5, 0.6) is 0 Å². The summed E-state index contributed by atoms with van der Waals surface area (Å²) in [6.07, 6.45) is 7.53. The Bertz CT molecular complexity index is 694. The molecule has 3 unspecified atom stereocenters. The van der Waals surface area contributed by atoms with Crippen molar-refractivity contribution in [3.8, 4) is 0 Å². The number of fused-ring (bicyclic) bond motifs is 3. The van der Waals surface area contributed by atoms with E-state index in [0.717, 1.165) is 17.0 Å². The molecule has 1 aromatic carbocycles. The van der Waals surface area contributed by atoms with Crippen molar-refractivity contribution in [2.24, 2.45) is 16.7 Å².